The number of hydrogen-bond acceptors (Lipinski definition) is 7. The molecule has 0 radical (unpaired) electrons. The minimum atomic E-state index is -3.68. The van der Waals surface area contributed by atoms with Crippen LogP contribution < -0.4 is 14.8 Å². The molecule has 0 unspecified atom stereocenters. The van der Waals surface area contributed by atoms with Gasteiger partial charge >= 0.3 is 0 Å². The first-order valence-electron chi connectivity index (χ1n) is 11.0. The van der Waals surface area contributed by atoms with Crippen molar-refractivity contribution >= 4 is 32.7 Å². The Balaban J connectivity index is 1.22. The van der Waals surface area contributed by atoms with Crippen LogP contribution in [0.1, 0.15) is 25.7 Å². The van der Waals surface area contributed by atoms with E-state index < -0.39 is 10.0 Å². The van der Waals surface area contributed by atoms with Crippen LogP contribution in [0.5, 0.6) is 11.5 Å². The van der Waals surface area contributed by atoms with Crippen LogP contribution in [-0.2, 0) is 21.2 Å². The van der Waals surface area contributed by atoms with E-state index in [0.717, 1.165) is 0 Å². The molecule has 2 aliphatic rings. The smallest absolute Gasteiger partial charge is 0.243 e. The maximum absolute atomic E-state index is 13.1. The largest absolute Gasteiger partial charge is 0.486 e. The Morgan fingerprint density at radius 1 is 1.09 bits per heavy atom. The van der Waals surface area contributed by atoms with Gasteiger partial charge in [0.1, 0.15) is 18.7 Å². The van der Waals surface area contributed by atoms with E-state index in [2.05, 4.69) is 10.3 Å². The van der Waals surface area contributed by atoms with Crippen molar-refractivity contribution in [3.05, 3.63) is 42.3 Å². The molecular formula is C23H25N3O6S. The lowest BCUT2D eigenvalue weighted by Crippen LogP contribution is -2.41. The molecule has 10 heteroatoms. The zero-order chi connectivity index (χ0) is 23.0. The predicted octanol–water partition coefficient (Wildman–Crippen LogP) is 3.20. The first kappa shape index (κ1) is 21.7. The number of aromatic nitrogens is 1. The van der Waals surface area contributed by atoms with Gasteiger partial charge in [-0.25, -0.2) is 13.4 Å². The second-order valence-corrected chi connectivity index (χ2v) is 10.1. The molecule has 33 heavy (non-hydrogen) atoms. The van der Waals surface area contributed by atoms with Crippen molar-refractivity contribution in [2.24, 2.45) is 5.92 Å². The summed E-state index contributed by atoms with van der Waals surface area (Å²) in [6.07, 6.45) is 1.59. The van der Waals surface area contributed by atoms with Crippen molar-refractivity contribution in [3.63, 3.8) is 0 Å². The van der Waals surface area contributed by atoms with Crippen LogP contribution in [0.4, 0.5) is 5.69 Å². The molecule has 0 spiro atoms. The molecule has 5 rings (SSSR count). The molecule has 2 aliphatic heterocycles. The number of piperidine rings is 1. The molecule has 1 fully saturated rings. The first-order chi connectivity index (χ1) is 15.9. The summed E-state index contributed by atoms with van der Waals surface area (Å²) in [5.74, 6) is 1.25. The molecule has 0 aliphatic carbocycles. The van der Waals surface area contributed by atoms with Gasteiger partial charge in [0.05, 0.1) is 4.90 Å². The number of carbonyl (C=O) groups is 1. The van der Waals surface area contributed by atoms with Crippen LogP contribution >= 0.6 is 0 Å². The van der Waals surface area contributed by atoms with Crippen molar-refractivity contribution in [3.8, 4) is 11.5 Å². The molecule has 9 nitrogen and oxygen atoms in total. The second kappa shape index (κ2) is 8.68. The number of nitrogens with one attached hydrogen (secondary N) is 1. The number of carbonyl (C=O) groups excluding carboxylic acids is 1. The number of ether oxygens (including phenoxy) is 2. The monoisotopic (exact) mass is 471 g/mol. The average molecular weight is 472 g/mol. The van der Waals surface area contributed by atoms with E-state index in [4.69, 9.17) is 13.9 Å². The Kier molecular flexibility index (Phi) is 5.71. The molecule has 0 saturated carbocycles. The van der Waals surface area contributed by atoms with Crippen LogP contribution in [-0.4, -0.2) is 49.9 Å². The van der Waals surface area contributed by atoms with Gasteiger partial charge in [0.15, 0.2) is 23.0 Å². The van der Waals surface area contributed by atoms with E-state index in [0.29, 0.717) is 66.7 Å². The number of oxazole rings is 1. The fourth-order valence-corrected chi connectivity index (χ4v) is 5.63. The molecule has 0 atom stereocenters. The highest BCUT2D eigenvalue weighted by molar-refractivity contribution is 7.89. The predicted molar refractivity (Wildman–Crippen MR) is 121 cm³/mol. The number of rotatable bonds is 5. The summed E-state index contributed by atoms with van der Waals surface area (Å²) in [5.41, 5.74) is 2.03. The van der Waals surface area contributed by atoms with Gasteiger partial charge in [-0.3, -0.25) is 4.79 Å². The lowest BCUT2D eigenvalue weighted by molar-refractivity contribution is -0.120. The van der Waals surface area contributed by atoms with Crippen LogP contribution in [0.2, 0.25) is 0 Å². The Bertz CT molecular complexity index is 1290. The van der Waals surface area contributed by atoms with E-state index in [-0.39, 0.29) is 29.8 Å². The highest BCUT2D eigenvalue weighted by atomic mass is 32.2. The summed E-state index contributed by atoms with van der Waals surface area (Å²) in [5, 5.41) is 2.93. The molecule has 1 aromatic heterocycles. The fraction of sp³-hybridized carbons (Fsp3) is 0.391. The Labute approximate surface area is 191 Å². The van der Waals surface area contributed by atoms with Gasteiger partial charge in [-0.2, -0.15) is 4.31 Å². The van der Waals surface area contributed by atoms with Gasteiger partial charge in [-0.1, -0.05) is 6.92 Å². The van der Waals surface area contributed by atoms with Crippen molar-refractivity contribution in [2.45, 2.75) is 31.1 Å². The third kappa shape index (κ3) is 4.28. The van der Waals surface area contributed by atoms with E-state index in [1.165, 1.54) is 16.4 Å². The van der Waals surface area contributed by atoms with Crippen LogP contribution in [0.25, 0.3) is 11.1 Å². The van der Waals surface area contributed by atoms with Crippen LogP contribution in [0.15, 0.2) is 45.7 Å². The standard InChI is InChI=1S/C23H25N3O6S/c1-2-22-25-18-13-16(3-5-19(18)32-22)24-23(27)15-7-9-26(10-8-15)33(28,29)17-4-6-20-21(14-17)31-12-11-30-20/h3-6,13-15H,2,7-12H2,1H3,(H,24,27). The molecule has 1 amide bonds. The van der Waals surface area contributed by atoms with Gasteiger partial charge in [0.2, 0.25) is 15.9 Å². The summed E-state index contributed by atoms with van der Waals surface area (Å²) < 4.78 is 44.2. The lowest BCUT2D eigenvalue weighted by atomic mass is 9.97. The van der Waals surface area contributed by atoms with Crippen molar-refractivity contribution < 1.29 is 27.1 Å². The summed E-state index contributed by atoms with van der Waals surface area (Å²) in [6, 6.07) is 10.0. The Hall–Kier alpha value is -3.11. The van der Waals surface area contributed by atoms with Crippen molar-refractivity contribution in [2.75, 3.05) is 31.6 Å². The number of anilines is 1. The minimum Gasteiger partial charge on any atom is -0.486 e. The van der Waals surface area contributed by atoms with E-state index >= 15 is 0 Å². The van der Waals surface area contributed by atoms with Crippen LogP contribution in [0, 0.1) is 5.92 Å². The first-order valence-corrected chi connectivity index (χ1v) is 12.5. The van der Waals surface area contributed by atoms with Gasteiger partial charge < -0.3 is 19.2 Å². The number of sulfonamides is 1. The van der Waals surface area contributed by atoms with Gasteiger partial charge in [0, 0.05) is 37.2 Å². The van der Waals surface area contributed by atoms with Crippen molar-refractivity contribution in [1.82, 2.24) is 9.29 Å². The number of fused-ring (bicyclic) bond motifs is 2. The third-order valence-electron chi connectivity index (χ3n) is 5.98. The highest BCUT2D eigenvalue weighted by Crippen LogP contribution is 2.34. The van der Waals surface area contributed by atoms with Gasteiger partial charge in [-0.15, -0.1) is 0 Å². The number of benzene rings is 2. The fourth-order valence-electron chi connectivity index (χ4n) is 4.14. The number of hydrogen-bond donors (Lipinski definition) is 1. The molecular weight excluding hydrogens is 446 g/mol. The summed E-state index contributed by atoms with van der Waals surface area (Å²) in [7, 11) is -3.68. The van der Waals surface area contributed by atoms with E-state index in [9.17, 15) is 13.2 Å². The Morgan fingerprint density at radius 2 is 1.85 bits per heavy atom. The average Bonchev–Trinajstić information content (AvgIpc) is 3.26. The van der Waals surface area contributed by atoms with E-state index in [1.807, 2.05) is 6.92 Å². The molecule has 174 valence electrons. The SMILES string of the molecule is CCc1nc2cc(NC(=O)C3CCN(S(=O)(=O)c4ccc5c(c4)OCCO5)CC3)ccc2o1. The van der Waals surface area contributed by atoms with Gasteiger partial charge in [-0.05, 0) is 43.2 Å². The number of aryl methyl sites for hydroxylation is 1. The quantitative estimate of drug-likeness (QED) is 0.608. The summed E-state index contributed by atoms with van der Waals surface area (Å²) >= 11 is 0. The normalized spacial score (nSPS) is 17.2. The zero-order valence-corrected chi connectivity index (χ0v) is 19.1. The lowest BCUT2D eigenvalue weighted by Gasteiger charge is -2.30. The minimum absolute atomic E-state index is 0.120. The maximum atomic E-state index is 13.1. The van der Waals surface area contributed by atoms with E-state index in [1.54, 1.807) is 24.3 Å². The molecule has 1 saturated heterocycles. The molecule has 1 N–H and O–H groups in total. The maximum Gasteiger partial charge on any atom is 0.243 e. The molecule has 2 aromatic carbocycles. The van der Waals surface area contributed by atoms with Crippen molar-refractivity contribution in [1.29, 1.82) is 0 Å². The van der Waals surface area contributed by atoms with Crippen LogP contribution in [0.3, 0.4) is 0 Å². The second-order valence-electron chi connectivity index (χ2n) is 8.12. The molecule has 3 aromatic rings. The number of nitrogens with zero attached hydrogens (tertiary/aromatic N) is 2. The topological polar surface area (TPSA) is 111 Å². The molecule has 3 heterocycles. The van der Waals surface area contributed by atoms with Gasteiger partial charge in [0.25, 0.3) is 0 Å². The molecule has 0 bridgehead atoms. The third-order valence-corrected chi connectivity index (χ3v) is 7.87. The highest BCUT2D eigenvalue weighted by Gasteiger charge is 2.33. The summed E-state index contributed by atoms with van der Waals surface area (Å²) in [4.78, 5) is 17.4. The Morgan fingerprint density at radius 3 is 2.61 bits per heavy atom. The zero-order valence-electron chi connectivity index (χ0n) is 18.2. The summed E-state index contributed by atoms with van der Waals surface area (Å²) in [6.45, 7) is 3.35. The number of amides is 1.